The van der Waals surface area contributed by atoms with Crippen LogP contribution in [0.4, 0.5) is 0 Å². The van der Waals surface area contributed by atoms with Crippen molar-refractivity contribution >= 4 is 50.9 Å². The van der Waals surface area contributed by atoms with Crippen molar-refractivity contribution in [3.63, 3.8) is 0 Å². The zero-order chi connectivity index (χ0) is 14.1. The number of para-hydroxylation sites is 1. The molecule has 2 nitrogen and oxygen atoms in total. The van der Waals surface area contributed by atoms with Gasteiger partial charge in [-0.3, -0.25) is 9.78 Å². The van der Waals surface area contributed by atoms with Gasteiger partial charge >= 0.3 is 0 Å². The van der Waals surface area contributed by atoms with E-state index in [1.165, 1.54) is 0 Å². The number of fused-ring (bicyclic) bond motifs is 1. The fraction of sp³-hybridized carbons (Fsp3) is 0. The Morgan fingerprint density at radius 1 is 1.10 bits per heavy atom. The molecular weight excluding hydrogens is 385 g/mol. The Hall–Kier alpha value is -1.46. The number of nitrogens with zero attached hydrogens (tertiary/aromatic N) is 1. The maximum Gasteiger partial charge on any atom is 0.195 e. The summed E-state index contributed by atoms with van der Waals surface area (Å²) in [5.41, 5.74) is 2.06. The monoisotopic (exact) mass is 393 g/mol. The van der Waals surface area contributed by atoms with Crippen LogP contribution in [0.3, 0.4) is 0 Å². The molecule has 0 fully saturated rings. The molecule has 1 aromatic heterocycles. The predicted molar refractivity (Wildman–Crippen MR) is 89.3 cm³/mol. The quantitative estimate of drug-likeness (QED) is 0.466. The Labute approximate surface area is 134 Å². The van der Waals surface area contributed by atoms with Crippen molar-refractivity contribution in [3.05, 3.63) is 74.4 Å². The predicted octanol–water partition coefficient (Wildman–Crippen LogP) is 4.72. The highest BCUT2D eigenvalue weighted by Crippen LogP contribution is 2.22. The Bertz CT molecular complexity index is 816. The van der Waals surface area contributed by atoms with Crippen molar-refractivity contribution in [1.82, 2.24) is 4.98 Å². The number of ketones is 1. The molecule has 98 valence electrons. The smallest absolute Gasteiger partial charge is 0.195 e. The molecule has 3 rings (SSSR count). The van der Waals surface area contributed by atoms with Gasteiger partial charge in [0.05, 0.1) is 5.52 Å². The molecule has 3 aromatic rings. The van der Waals surface area contributed by atoms with Gasteiger partial charge in [0, 0.05) is 31.3 Å². The lowest BCUT2D eigenvalue weighted by atomic mass is 10.0. The molecule has 1 heterocycles. The average molecular weight is 394 g/mol. The van der Waals surface area contributed by atoms with Crippen LogP contribution in [0.5, 0.6) is 0 Å². The third-order valence-electron chi connectivity index (χ3n) is 3.03. The van der Waals surface area contributed by atoms with Crippen LogP contribution in [-0.4, -0.2) is 10.8 Å². The van der Waals surface area contributed by atoms with E-state index in [4.69, 9.17) is 11.6 Å². The fourth-order valence-corrected chi connectivity index (χ4v) is 2.77. The topological polar surface area (TPSA) is 30.0 Å². The average Bonchev–Trinajstić information content (AvgIpc) is 2.48. The highest BCUT2D eigenvalue weighted by molar-refractivity contribution is 14.1. The van der Waals surface area contributed by atoms with Crippen LogP contribution in [0.25, 0.3) is 10.9 Å². The zero-order valence-electron chi connectivity index (χ0n) is 10.3. The summed E-state index contributed by atoms with van der Waals surface area (Å²) in [7, 11) is 0. The number of aromatic nitrogens is 1. The van der Waals surface area contributed by atoms with E-state index in [-0.39, 0.29) is 5.78 Å². The Morgan fingerprint density at radius 3 is 2.75 bits per heavy atom. The molecule has 20 heavy (non-hydrogen) atoms. The highest BCUT2D eigenvalue weighted by atomic mass is 127. The maximum absolute atomic E-state index is 12.6. The molecule has 0 atom stereocenters. The summed E-state index contributed by atoms with van der Waals surface area (Å²) in [6, 6.07) is 14.9. The second-order valence-corrected chi connectivity index (χ2v) is 5.97. The minimum absolute atomic E-state index is 0.0600. The lowest BCUT2D eigenvalue weighted by molar-refractivity contribution is 0.103. The van der Waals surface area contributed by atoms with E-state index in [9.17, 15) is 4.79 Å². The first-order chi connectivity index (χ1) is 9.65. The molecule has 0 amide bonds. The number of halogens is 2. The second kappa shape index (κ2) is 5.50. The van der Waals surface area contributed by atoms with Crippen LogP contribution in [0, 0.1) is 3.57 Å². The van der Waals surface area contributed by atoms with E-state index >= 15 is 0 Å². The minimum Gasteiger partial charge on any atom is -0.289 e. The van der Waals surface area contributed by atoms with E-state index in [0.717, 1.165) is 14.5 Å². The van der Waals surface area contributed by atoms with Crippen molar-refractivity contribution in [1.29, 1.82) is 0 Å². The van der Waals surface area contributed by atoms with Gasteiger partial charge in [0.15, 0.2) is 5.78 Å². The lowest BCUT2D eigenvalue weighted by Gasteiger charge is -2.05. The summed E-state index contributed by atoms with van der Waals surface area (Å²) >= 11 is 8.11. The largest absolute Gasteiger partial charge is 0.289 e. The SMILES string of the molecule is O=C(c1cnc2ccccc2c1)c1cc(Cl)ccc1I. The molecule has 0 aliphatic carbocycles. The minimum atomic E-state index is -0.0600. The molecule has 0 radical (unpaired) electrons. The lowest BCUT2D eigenvalue weighted by Crippen LogP contribution is -2.04. The van der Waals surface area contributed by atoms with Crippen molar-refractivity contribution in [2.75, 3.05) is 0 Å². The van der Waals surface area contributed by atoms with Crippen LogP contribution >= 0.6 is 34.2 Å². The first-order valence-corrected chi connectivity index (χ1v) is 7.45. The molecule has 0 saturated heterocycles. The van der Waals surface area contributed by atoms with Gasteiger partial charge in [0.25, 0.3) is 0 Å². The Morgan fingerprint density at radius 2 is 1.90 bits per heavy atom. The van der Waals surface area contributed by atoms with Crippen molar-refractivity contribution < 1.29 is 4.79 Å². The normalized spacial score (nSPS) is 10.7. The zero-order valence-corrected chi connectivity index (χ0v) is 13.2. The summed E-state index contributed by atoms with van der Waals surface area (Å²) < 4.78 is 0.880. The molecule has 0 unspecified atom stereocenters. The fourth-order valence-electron chi connectivity index (χ4n) is 2.02. The van der Waals surface area contributed by atoms with Gasteiger partial charge in [0.1, 0.15) is 0 Å². The molecule has 4 heteroatoms. The van der Waals surface area contributed by atoms with Crippen molar-refractivity contribution in [2.45, 2.75) is 0 Å². The summed E-state index contributed by atoms with van der Waals surface area (Å²) in [5, 5.41) is 1.51. The Kier molecular flexibility index (Phi) is 3.72. The molecule has 2 aromatic carbocycles. The standard InChI is InChI=1S/C16H9ClINO/c17-12-5-6-14(18)13(8-12)16(20)11-7-10-3-1-2-4-15(10)19-9-11/h1-9H. The number of hydrogen-bond donors (Lipinski definition) is 0. The number of hydrogen-bond acceptors (Lipinski definition) is 2. The van der Waals surface area contributed by atoms with Crippen LogP contribution < -0.4 is 0 Å². The van der Waals surface area contributed by atoms with Gasteiger partial charge < -0.3 is 0 Å². The molecule has 0 aliphatic heterocycles. The van der Waals surface area contributed by atoms with Gasteiger partial charge in [-0.2, -0.15) is 0 Å². The number of rotatable bonds is 2. The van der Waals surface area contributed by atoms with Gasteiger partial charge in [-0.15, -0.1) is 0 Å². The van der Waals surface area contributed by atoms with E-state index in [1.54, 1.807) is 18.3 Å². The number of carbonyl (C=O) groups excluding carboxylic acids is 1. The number of benzene rings is 2. The summed E-state index contributed by atoms with van der Waals surface area (Å²) in [6.45, 7) is 0. The maximum atomic E-state index is 12.6. The van der Waals surface area contributed by atoms with Gasteiger partial charge in [0.2, 0.25) is 0 Å². The van der Waals surface area contributed by atoms with Crippen LogP contribution in [0.1, 0.15) is 15.9 Å². The van der Waals surface area contributed by atoms with E-state index in [1.807, 2.05) is 36.4 Å². The van der Waals surface area contributed by atoms with Gasteiger partial charge in [-0.25, -0.2) is 0 Å². The molecule has 0 bridgehead atoms. The molecule has 0 spiro atoms. The third-order valence-corrected chi connectivity index (χ3v) is 4.20. The third kappa shape index (κ3) is 2.55. The van der Waals surface area contributed by atoms with E-state index in [0.29, 0.717) is 16.1 Å². The van der Waals surface area contributed by atoms with Crippen LogP contribution in [0.15, 0.2) is 54.7 Å². The molecular formula is C16H9ClINO. The number of carbonyl (C=O) groups is 1. The summed E-state index contributed by atoms with van der Waals surface area (Å²) in [4.78, 5) is 16.9. The highest BCUT2D eigenvalue weighted by Gasteiger charge is 2.14. The summed E-state index contributed by atoms with van der Waals surface area (Å²) in [6.07, 6.45) is 1.61. The molecule has 0 saturated carbocycles. The van der Waals surface area contributed by atoms with Crippen LogP contribution in [-0.2, 0) is 0 Å². The first-order valence-electron chi connectivity index (χ1n) is 6.00. The molecule has 0 aliphatic rings. The number of pyridine rings is 1. The van der Waals surface area contributed by atoms with Crippen molar-refractivity contribution in [2.24, 2.45) is 0 Å². The van der Waals surface area contributed by atoms with Gasteiger partial charge in [-0.05, 0) is 52.9 Å². The first kappa shape index (κ1) is 13.5. The van der Waals surface area contributed by atoms with Crippen LogP contribution in [0.2, 0.25) is 5.02 Å². The van der Waals surface area contributed by atoms with E-state index < -0.39 is 0 Å². The Balaban J connectivity index is 2.10. The second-order valence-electron chi connectivity index (χ2n) is 4.37. The van der Waals surface area contributed by atoms with E-state index in [2.05, 4.69) is 27.6 Å². The molecule has 0 N–H and O–H groups in total. The van der Waals surface area contributed by atoms with Crippen molar-refractivity contribution in [3.8, 4) is 0 Å². The summed E-state index contributed by atoms with van der Waals surface area (Å²) in [5.74, 6) is -0.0600. The van der Waals surface area contributed by atoms with Gasteiger partial charge in [-0.1, -0.05) is 29.8 Å².